The minimum Gasteiger partial charge on any atom is -0.280 e. The Morgan fingerprint density at radius 2 is 1.00 bits per heavy atom. The van der Waals surface area contributed by atoms with Crippen LogP contribution in [0.5, 0.6) is 0 Å². The number of imidazole rings is 1. The van der Waals surface area contributed by atoms with Crippen LogP contribution >= 0.6 is 0 Å². The van der Waals surface area contributed by atoms with Crippen molar-refractivity contribution in [2.75, 3.05) is 4.90 Å². The van der Waals surface area contributed by atoms with Gasteiger partial charge in [-0.3, -0.25) is 14.5 Å². The van der Waals surface area contributed by atoms with Gasteiger partial charge in [-0.25, -0.2) is 15.0 Å². The normalized spacial score (nSPS) is 11.8. The summed E-state index contributed by atoms with van der Waals surface area (Å²) in [6, 6.07) is 60.6. The summed E-state index contributed by atoms with van der Waals surface area (Å²) in [6.07, 6.45) is 1.83. The molecule has 6 heteroatoms. The van der Waals surface area contributed by atoms with Crippen molar-refractivity contribution < 1.29 is 0 Å². The van der Waals surface area contributed by atoms with E-state index in [1.807, 2.05) is 66.9 Å². The second-order valence-electron chi connectivity index (χ2n) is 12.8. The van der Waals surface area contributed by atoms with Gasteiger partial charge in [0.2, 0.25) is 5.95 Å². The van der Waals surface area contributed by atoms with Crippen molar-refractivity contribution in [3.63, 3.8) is 0 Å². The van der Waals surface area contributed by atoms with Crippen LogP contribution in [0.1, 0.15) is 0 Å². The predicted molar refractivity (Wildman–Crippen MR) is 210 cm³/mol. The largest absolute Gasteiger partial charge is 0.280 e. The van der Waals surface area contributed by atoms with Gasteiger partial charge in [0.25, 0.3) is 0 Å². The molecule has 6 nitrogen and oxygen atoms in total. The minimum absolute atomic E-state index is 0.624. The molecule has 0 radical (unpaired) electrons. The van der Waals surface area contributed by atoms with E-state index in [-0.39, 0.29) is 0 Å². The molecule has 1 aliphatic heterocycles. The standard InChI is InChI=1S/C46H30N6/c1-3-15-31(16-4-1)40-30-41(32-17-5-2-6-18-32)49-45(48-40)34-27-33(38-21-13-14-26-47-38)28-35(29-34)51-42-23-10-7-19-36(42)37-20-8-11-24-43(37)52-44-25-12-9-22-39(44)50-46(51)52/h1-30H. The van der Waals surface area contributed by atoms with Crippen LogP contribution in [0.25, 0.3) is 73.0 Å². The lowest BCUT2D eigenvalue weighted by Gasteiger charge is -2.25. The fourth-order valence-electron chi connectivity index (χ4n) is 7.20. The van der Waals surface area contributed by atoms with Gasteiger partial charge in [-0.2, -0.15) is 0 Å². The molecule has 10 rings (SSSR count). The van der Waals surface area contributed by atoms with Gasteiger partial charge in [0.1, 0.15) is 0 Å². The Labute approximate surface area is 301 Å². The molecule has 1 aliphatic rings. The summed E-state index contributed by atoms with van der Waals surface area (Å²) in [6.45, 7) is 0. The molecule has 0 atom stereocenters. The van der Waals surface area contributed by atoms with Crippen LogP contribution < -0.4 is 4.90 Å². The summed E-state index contributed by atoms with van der Waals surface area (Å²) >= 11 is 0. The molecule has 244 valence electrons. The molecule has 0 unspecified atom stereocenters. The number of rotatable bonds is 5. The minimum atomic E-state index is 0.624. The van der Waals surface area contributed by atoms with Crippen LogP contribution in [-0.4, -0.2) is 24.5 Å². The number of hydrogen-bond donors (Lipinski definition) is 0. The number of pyridine rings is 1. The first-order valence-corrected chi connectivity index (χ1v) is 17.3. The summed E-state index contributed by atoms with van der Waals surface area (Å²) in [5, 5.41) is 0. The predicted octanol–water partition coefficient (Wildman–Crippen LogP) is 11.3. The van der Waals surface area contributed by atoms with Gasteiger partial charge in [-0.05, 0) is 60.7 Å². The van der Waals surface area contributed by atoms with E-state index in [1.165, 1.54) is 0 Å². The van der Waals surface area contributed by atoms with E-state index in [0.29, 0.717) is 5.82 Å². The van der Waals surface area contributed by atoms with Crippen molar-refractivity contribution in [1.29, 1.82) is 0 Å². The highest BCUT2D eigenvalue weighted by atomic mass is 15.3. The van der Waals surface area contributed by atoms with Gasteiger partial charge in [0, 0.05) is 39.6 Å². The number of anilines is 3. The molecule has 0 amide bonds. The molecule has 3 aromatic heterocycles. The van der Waals surface area contributed by atoms with Gasteiger partial charge in [-0.1, -0.05) is 115 Å². The van der Waals surface area contributed by atoms with Gasteiger partial charge in [0.05, 0.1) is 45.2 Å². The Morgan fingerprint density at radius 3 is 1.71 bits per heavy atom. The maximum absolute atomic E-state index is 5.32. The molecule has 52 heavy (non-hydrogen) atoms. The van der Waals surface area contributed by atoms with E-state index < -0.39 is 0 Å². The van der Waals surface area contributed by atoms with Crippen LogP contribution in [0.15, 0.2) is 182 Å². The zero-order valence-electron chi connectivity index (χ0n) is 28.0. The highest BCUT2D eigenvalue weighted by Crippen LogP contribution is 2.48. The van der Waals surface area contributed by atoms with E-state index in [0.717, 1.165) is 84.5 Å². The lowest BCUT2D eigenvalue weighted by Crippen LogP contribution is -2.14. The smallest absolute Gasteiger partial charge is 0.220 e. The summed E-state index contributed by atoms with van der Waals surface area (Å²) in [5.41, 5.74) is 13.7. The molecular formula is C46H30N6. The van der Waals surface area contributed by atoms with Crippen molar-refractivity contribution in [2.24, 2.45) is 0 Å². The lowest BCUT2D eigenvalue weighted by molar-refractivity contribution is 1.05. The number of aromatic nitrogens is 5. The summed E-state index contributed by atoms with van der Waals surface area (Å²) in [7, 11) is 0. The number of nitrogens with zero attached hydrogens (tertiary/aromatic N) is 6. The van der Waals surface area contributed by atoms with E-state index in [2.05, 4.69) is 125 Å². The summed E-state index contributed by atoms with van der Waals surface area (Å²) in [5.74, 6) is 1.42. The Hall–Kier alpha value is -7.18. The average molecular weight is 667 g/mol. The van der Waals surface area contributed by atoms with Crippen molar-refractivity contribution >= 4 is 28.4 Å². The zero-order chi connectivity index (χ0) is 34.4. The van der Waals surface area contributed by atoms with Crippen LogP contribution in [0.3, 0.4) is 0 Å². The maximum atomic E-state index is 5.32. The third-order valence-electron chi connectivity index (χ3n) is 9.58. The molecule has 9 aromatic rings. The molecule has 0 saturated carbocycles. The second kappa shape index (κ2) is 12.3. The summed E-state index contributed by atoms with van der Waals surface area (Å²) < 4.78 is 2.28. The first-order chi connectivity index (χ1) is 25.8. The van der Waals surface area contributed by atoms with Gasteiger partial charge < -0.3 is 0 Å². The number of fused-ring (bicyclic) bond motifs is 7. The van der Waals surface area contributed by atoms with Crippen molar-refractivity contribution in [3.8, 4) is 62.0 Å². The average Bonchev–Trinajstić information content (AvgIpc) is 3.55. The molecule has 0 spiro atoms. The van der Waals surface area contributed by atoms with E-state index in [4.69, 9.17) is 19.9 Å². The Morgan fingerprint density at radius 1 is 0.404 bits per heavy atom. The van der Waals surface area contributed by atoms with Crippen molar-refractivity contribution in [1.82, 2.24) is 24.5 Å². The zero-order valence-corrected chi connectivity index (χ0v) is 28.0. The van der Waals surface area contributed by atoms with E-state index >= 15 is 0 Å². The van der Waals surface area contributed by atoms with E-state index in [9.17, 15) is 0 Å². The topological polar surface area (TPSA) is 59.7 Å². The first-order valence-electron chi connectivity index (χ1n) is 17.3. The molecule has 4 heterocycles. The van der Waals surface area contributed by atoms with Crippen LogP contribution in [0.4, 0.5) is 17.3 Å². The molecule has 0 bridgehead atoms. The molecule has 0 fully saturated rings. The molecule has 0 aliphatic carbocycles. The highest BCUT2D eigenvalue weighted by molar-refractivity contribution is 5.97. The Balaban J connectivity index is 1.27. The summed E-state index contributed by atoms with van der Waals surface area (Å²) in [4.78, 5) is 22.8. The first kappa shape index (κ1) is 29.7. The SMILES string of the molecule is c1ccc(-c2cc(-c3ccccc3)nc(-c3cc(-c4ccccn4)cc(N4c5ccccc5-c5ccccc5-n5c4nc4ccccc45)c3)n2)cc1. The number of benzene rings is 6. The molecule has 6 aromatic carbocycles. The maximum Gasteiger partial charge on any atom is 0.220 e. The quantitative estimate of drug-likeness (QED) is 0.183. The van der Waals surface area contributed by atoms with E-state index in [1.54, 1.807) is 0 Å². The lowest BCUT2D eigenvalue weighted by atomic mass is 10.00. The van der Waals surface area contributed by atoms with Crippen molar-refractivity contribution in [2.45, 2.75) is 0 Å². The van der Waals surface area contributed by atoms with Crippen LogP contribution in [0.2, 0.25) is 0 Å². The fourth-order valence-corrected chi connectivity index (χ4v) is 7.20. The molecular weight excluding hydrogens is 637 g/mol. The number of hydrogen-bond acceptors (Lipinski definition) is 5. The van der Waals surface area contributed by atoms with Crippen molar-refractivity contribution in [3.05, 3.63) is 182 Å². The molecule has 0 saturated heterocycles. The third kappa shape index (κ3) is 5.05. The third-order valence-corrected chi connectivity index (χ3v) is 9.58. The highest BCUT2D eigenvalue weighted by Gasteiger charge is 2.29. The number of para-hydroxylation sites is 4. The van der Waals surface area contributed by atoms with Gasteiger partial charge in [-0.15, -0.1) is 0 Å². The Bertz CT molecular complexity index is 2680. The van der Waals surface area contributed by atoms with Gasteiger partial charge in [0.15, 0.2) is 5.82 Å². The monoisotopic (exact) mass is 666 g/mol. The second-order valence-corrected chi connectivity index (χ2v) is 12.8. The van der Waals surface area contributed by atoms with Crippen LogP contribution in [0, 0.1) is 0 Å². The van der Waals surface area contributed by atoms with Gasteiger partial charge >= 0.3 is 0 Å². The molecule has 0 N–H and O–H groups in total. The fraction of sp³-hybridized carbons (Fsp3) is 0. The van der Waals surface area contributed by atoms with Crippen LogP contribution in [-0.2, 0) is 0 Å². The Kier molecular flexibility index (Phi) is 7.03.